The van der Waals surface area contributed by atoms with Gasteiger partial charge in [0.1, 0.15) is 0 Å². The molecule has 154 valence electrons. The molecule has 0 amide bonds. The average Bonchev–Trinajstić information content (AvgIpc) is 3.22. The molecule has 2 aromatic rings. The molecule has 1 unspecified atom stereocenters. The molecular weight excluding hydrogens is 384 g/mol. The van der Waals surface area contributed by atoms with Crippen LogP contribution < -0.4 is 14.7 Å². The smallest absolute Gasteiger partial charge is 0.170 e. The lowest BCUT2D eigenvalue weighted by molar-refractivity contribution is -0.0772. The molecule has 0 aromatic heterocycles. The summed E-state index contributed by atoms with van der Waals surface area (Å²) >= 11 is 1.18. The van der Waals surface area contributed by atoms with Crippen molar-refractivity contribution in [1.29, 1.82) is 0 Å². The van der Waals surface area contributed by atoms with Crippen molar-refractivity contribution < 1.29 is 14.0 Å². The first-order chi connectivity index (χ1) is 13.9. The van der Waals surface area contributed by atoms with Gasteiger partial charge in [-0.3, -0.25) is 0 Å². The van der Waals surface area contributed by atoms with E-state index >= 15 is 0 Å². The van der Waals surface area contributed by atoms with E-state index in [1.54, 1.807) is 0 Å². The van der Waals surface area contributed by atoms with Crippen LogP contribution in [0.25, 0.3) is 6.08 Å². The minimum atomic E-state index is -0.519. The molecule has 0 aliphatic carbocycles. The summed E-state index contributed by atoms with van der Waals surface area (Å²) in [6.07, 6.45) is 6.20. The van der Waals surface area contributed by atoms with Crippen LogP contribution in [-0.2, 0) is 14.5 Å². The van der Waals surface area contributed by atoms with Crippen LogP contribution in [0.4, 0.5) is 11.4 Å². The Morgan fingerprint density at radius 3 is 2.59 bits per heavy atom. The first kappa shape index (κ1) is 20.1. The average molecular weight is 413 g/mol. The zero-order valence-electron chi connectivity index (χ0n) is 17.6. The van der Waals surface area contributed by atoms with Gasteiger partial charge in [0.2, 0.25) is 0 Å². The topological polar surface area (TPSA) is 34.2 Å². The van der Waals surface area contributed by atoms with Crippen molar-refractivity contribution in [3.63, 3.8) is 0 Å². The van der Waals surface area contributed by atoms with Crippen LogP contribution in [0, 0.1) is 0 Å². The van der Waals surface area contributed by atoms with Crippen LogP contribution in [0.15, 0.2) is 48.5 Å². The highest BCUT2D eigenvalue weighted by atomic mass is 32.2. The number of rotatable bonds is 6. The fraction of sp³-hybridized carbons (Fsp3) is 0.391. The molecule has 29 heavy (non-hydrogen) atoms. The second kappa shape index (κ2) is 7.59. The molecule has 2 aliphatic heterocycles. The highest BCUT2D eigenvalue weighted by molar-refractivity contribution is 7.93. The van der Waals surface area contributed by atoms with E-state index in [1.807, 2.05) is 12.3 Å². The van der Waals surface area contributed by atoms with Gasteiger partial charge in [-0.2, -0.15) is 0 Å². The Morgan fingerprint density at radius 1 is 1.14 bits per heavy atom. The quantitative estimate of drug-likeness (QED) is 0.382. The molecule has 6 heteroatoms. The summed E-state index contributed by atoms with van der Waals surface area (Å²) in [7, 11) is 4.10. The minimum absolute atomic E-state index is 0.252. The predicted octanol–water partition coefficient (Wildman–Crippen LogP) is 4.88. The summed E-state index contributed by atoms with van der Waals surface area (Å²) in [4.78, 5) is 9.84. The van der Waals surface area contributed by atoms with E-state index < -0.39 is 5.72 Å². The Balaban J connectivity index is 1.68. The molecule has 0 N–H and O–H groups in total. The Morgan fingerprint density at radius 2 is 1.90 bits per heavy atom. The molecule has 1 saturated heterocycles. The zero-order chi connectivity index (χ0) is 20.6. The van der Waals surface area contributed by atoms with Gasteiger partial charge in [0, 0.05) is 55.7 Å². The zero-order valence-corrected chi connectivity index (χ0v) is 18.5. The lowest BCUT2D eigenvalue weighted by atomic mass is 9.77. The minimum Gasteiger partial charge on any atom is -0.378 e. The van der Waals surface area contributed by atoms with E-state index in [9.17, 15) is 0 Å². The van der Waals surface area contributed by atoms with Gasteiger partial charge in [-0.05, 0) is 47.5 Å². The van der Waals surface area contributed by atoms with Crippen molar-refractivity contribution >= 4 is 29.5 Å². The fourth-order valence-corrected chi connectivity index (χ4v) is 4.51. The number of fused-ring (bicyclic) bond motifs is 3. The number of benzene rings is 2. The van der Waals surface area contributed by atoms with Crippen LogP contribution in [0.2, 0.25) is 0 Å². The van der Waals surface area contributed by atoms with Gasteiger partial charge >= 0.3 is 0 Å². The fourth-order valence-electron chi connectivity index (χ4n) is 4.36. The Kier molecular flexibility index (Phi) is 5.27. The van der Waals surface area contributed by atoms with E-state index in [0.29, 0.717) is 12.4 Å². The monoisotopic (exact) mass is 412 g/mol. The van der Waals surface area contributed by atoms with Crippen LogP contribution >= 0.6 is 12.0 Å². The molecule has 0 bridgehead atoms. The maximum atomic E-state index is 6.42. The van der Waals surface area contributed by atoms with E-state index in [4.69, 9.17) is 14.0 Å². The van der Waals surface area contributed by atoms with E-state index in [1.165, 1.54) is 29.0 Å². The van der Waals surface area contributed by atoms with Gasteiger partial charge in [-0.15, -0.1) is 4.33 Å². The lowest BCUT2D eigenvalue weighted by Gasteiger charge is -2.39. The second-order valence-electron chi connectivity index (χ2n) is 8.14. The highest BCUT2D eigenvalue weighted by Crippen LogP contribution is 2.55. The van der Waals surface area contributed by atoms with Crippen molar-refractivity contribution in [2.24, 2.45) is 0 Å². The molecular formula is C23H28N2O3S. The van der Waals surface area contributed by atoms with E-state index in [0.717, 1.165) is 12.1 Å². The van der Waals surface area contributed by atoms with Crippen molar-refractivity contribution in [3.05, 3.63) is 59.7 Å². The summed E-state index contributed by atoms with van der Waals surface area (Å²) in [6, 6.07) is 14.7. The lowest BCUT2D eigenvalue weighted by Crippen LogP contribution is -2.51. The van der Waals surface area contributed by atoms with Crippen LogP contribution in [0.1, 0.15) is 25.0 Å². The second-order valence-corrected chi connectivity index (χ2v) is 8.61. The molecule has 1 fully saturated rings. The molecule has 0 saturated carbocycles. The number of hydrogen-bond donors (Lipinski definition) is 0. The number of anilines is 2. The Labute approximate surface area is 177 Å². The molecule has 5 nitrogen and oxygen atoms in total. The number of hydrogen-bond acceptors (Lipinski definition) is 6. The van der Waals surface area contributed by atoms with Crippen molar-refractivity contribution in [1.82, 2.24) is 0 Å². The normalized spacial score (nSPS) is 22.0. The van der Waals surface area contributed by atoms with Crippen LogP contribution in [-0.4, -0.2) is 39.2 Å². The summed E-state index contributed by atoms with van der Waals surface area (Å²) in [5, 5.41) is 0. The van der Waals surface area contributed by atoms with Crippen LogP contribution in [0.5, 0.6) is 5.75 Å². The van der Waals surface area contributed by atoms with Crippen molar-refractivity contribution in [2.75, 3.05) is 43.3 Å². The van der Waals surface area contributed by atoms with Gasteiger partial charge in [-0.1, -0.05) is 32.1 Å². The summed E-state index contributed by atoms with van der Waals surface area (Å²) in [5.41, 5.74) is 3.97. The molecule has 2 aliphatic rings. The third-order valence-electron chi connectivity index (χ3n) is 5.98. The Hall–Kier alpha value is -2.15. The SMILES string of the molecule is CSOOc1ccc2c(c1)C(C)(C)C1(C=Cc3ccc(N(C)C)cc3)OCCN21. The third-order valence-corrected chi connectivity index (χ3v) is 6.18. The first-order valence-electron chi connectivity index (χ1n) is 9.79. The number of nitrogens with zero attached hydrogens (tertiary/aromatic N) is 2. The van der Waals surface area contributed by atoms with Gasteiger partial charge in [0.25, 0.3) is 0 Å². The first-order valence-corrected chi connectivity index (χ1v) is 10.9. The molecule has 0 radical (unpaired) electrons. The standard InChI is InChI=1S/C23H28N2O3S/c1-22(2)20-16-19(27-28-29-5)10-11-21(20)25-14-15-26-23(22,25)13-12-17-6-8-18(9-7-17)24(3)4/h6-13,16H,14-15H2,1-5H3. The van der Waals surface area contributed by atoms with Gasteiger partial charge < -0.3 is 19.4 Å². The number of ether oxygens (including phenoxy) is 1. The molecule has 4 rings (SSSR count). The summed E-state index contributed by atoms with van der Waals surface area (Å²) in [6.45, 7) is 6.04. The summed E-state index contributed by atoms with van der Waals surface area (Å²) in [5.74, 6) is 0.700. The summed E-state index contributed by atoms with van der Waals surface area (Å²) < 4.78 is 11.5. The molecule has 0 spiro atoms. The van der Waals surface area contributed by atoms with Crippen molar-refractivity contribution in [2.45, 2.75) is 25.0 Å². The maximum absolute atomic E-state index is 6.42. The predicted molar refractivity (Wildman–Crippen MR) is 121 cm³/mol. The largest absolute Gasteiger partial charge is 0.378 e. The van der Waals surface area contributed by atoms with Crippen LogP contribution in [0.3, 0.4) is 0 Å². The van der Waals surface area contributed by atoms with Gasteiger partial charge in [0.15, 0.2) is 11.5 Å². The van der Waals surface area contributed by atoms with E-state index in [2.05, 4.69) is 86.3 Å². The third kappa shape index (κ3) is 3.29. The molecule has 2 aromatic carbocycles. The molecule has 2 heterocycles. The van der Waals surface area contributed by atoms with Gasteiger partial charge in [0.05, 0.1) is 6.61 Å². The molecule has 1 atom stereocenters. The van der Waals surface area contributed by atoms with Crippen molar-refractivity contribution in [3.8, 4) is 5.75 Å². The maximum Gasteiger partial charge on any atom is 0.170 e. The van der Waals surface area contributed by atoms with E-state index in [-0.39, 0.29) is 5.41 Å². The highest BCUT2D eigenvalue weighted by Gasteiger charge is 2.59. The Bertz CT molecular complexity index is 911. The van der Waals surface area contributed by atoms with Gasteiger partial charge in [-0.25, -0.2) is 0 Å².